The van der Waals surface area contributed by atoms with Gasteiger partial charge in [0.1, 0.15) is 0 Å². The molecule has 20 heavy (non-hydrogen) atoms. The zero-order chi connectivity index (χ0) is 14.8. The fraction of sp³-hybridized carbons (Fsp3) is 1.00. The molecule has 0 radical (unpaired) electrons. The lowest BCUT2D eigenvalue weighted by molar-refractivity contribution is -0.149. The first kappa shape index (κ1) is 16.0. The normalized spacial score (nSPS) is 24.9. The highest BCUT2D eigenvalue weighted by atomic mass is 19.4. The van der Waals surface area contributed by atoms with E-state index >= 15 is 0 Å². The van der Waals surface area contributed by atoms with Crippen LogP contribution in [0.5, 0.6) is 0 Å². The van der Waals surface area contributed by atoms with Crippen molar-refractivity contribution >= 4 is 0 Å². The van der Waals surface area contributed by atoms with Crippen LogP contribution in [-0.4, -0.2) is 68.5 Å². The molecular weight excluding hydrogens is 269 g/mol. The van der Waals surface area contributed by atoms with E-state index in [0.717, 1.165) is 32.5 Å². The molecule has 0 spiro atoms. The van der Waals surface area contributed by atoms with Gasteiger partial charge in [-0.3, -0.25) is 4.90 Å². The monoisotopic (exact) mass is 294 g/mol. The molecule has 0 bridgehead atoms. The van der Waals surface area contributed by atoms with Crippen molar-refractivity contribution in [3.8, 4) is 0 Å². The van der Waals surface area contributed by atoms with Crippen molar-refractivity contribution in [2.24, 2.45) is 5.41 Å². The van der Waals surface area contributed by atoms with Gasteiger partial charge >= 0.3 is 6.18 Å². The van der Waals surface area contributed by atoms with E-state index in [-0.39, 0.29) is 18.0 Å². The highest BCUT2D eigenvalue weighted by molar-refractivity contribution is 4.88. The summed E-state index contributed by atoms with van der Waals surface area (Å²) in [6, 6.07) is 0.283. The quantitative estimate of drug-likeness (QED) is 0.774. The second-order valence-corrected chi connectivity index (χ2v) is 6.67. The molecule has 0 unspecified atom stereocenters. The highest BCUT2D eigenvalue weighted by Gasteiger charge is 2.38. The lowest BCUT2D eigenvalue weighted by atomic mass is 9.86. The Kier molecular flexibility index (Phi) is 4.97. The standard InChI is InChI=1S/C14H25F3N2O/c1-13(10-20-11-13)9-19(8-5-14(15,16)17)12-3-6-18(2)7-4-12/h12H,3-11H2,1-2H3. The summed E-state index contributed by atoms with van der Waals surface area (Å²) in [5.74, 6) is 0. The average molecular weight is 294 g/mol. The molecular formula is C14H25F3N2O. The third-order valence-electron chi connectivity index (χ3n) is 4.37. The number of likely N-dealkylation sites (tertiary alicyclic amines) is 1. The second kappa shape index (κ2) is 6.20. The van der Waals surface area contributed by atoms with Crippen molar-refractivity contribution < 1.29 is 17.9 Å². The Bertz CT molecular complexity index is 310. The molecule has 2 fully saturated rings. The zero-order valence-electron chi connectivity index (χ0n) is 12.4. The van der Waals surface area contributed by atoms with Crippen LogP contribution in [0.4, 0.5) is 13.2 Å². The number of piperidine rings is 1. The van der Waals surface area contributed by atoms with E-state index in [1.165, 1.54) is 0 Å². The molecule has 0 amide bonds. The van der Waals surface area contributed by atoms with Crippen LogP contribution in [0.15, 0.2) is 0 Å². The summed E-state index contributed by atoms with van der Waals surface area (Å²) >= 11 is 0. The van der Waals surface area contributed by atoms with Gasteiger partial charge in [-0.1, -0.05) is 6.92 Å². The van der Waals surface area contributed by atoms with Gasteiger partial charge in [0.05, 0.1) is 19.6 Å². The summed E-state index contributed by atoms with van der Waals surface area (Å²) in [6.07, 6.45) is -2.85. The Labute approximate surface area is 119 Å². The summed E-state index contributed by atoms with van der Waals surface area (Å²) in [6.45, 7) is 6.22. The summed E-state index contributed by atoms with van der Waals surface area (Å²) in [5, 5.41) is 0. The van der Waals surface area contributed by atoms with Crippen LogP contribution in [0.25, 0.3) is 0 Å². The summed E-state index contributed by atoms with van der Waals surface area (Å²) in [7, 11) is 2.07. The molecule has 0 atom stereocenters. The fourth-order valence-electron chi connectivity index (χ4n) is 3.05. The number of alkyl halides is 3. The van der Waals surface area contributed by atoms with Crippen molar-refractivity contribution in [1.82, 2.24) is 9.80 Å². The van der Waals surface area contributed by atoms with Gasteiger partial charge in [-0.25, -0.2) is 0 Å². The van der Waals surface area contributed by atoms with Gasteiger partial charge in [0, 0.05) is 24.5 Å². The van der Waals surface area contributed by atoms with Crippen LogP contribution >= 0.6 is 0 Å². The van der Waals surface area contributed by atoms with E-state index in [9.17, 15) is 13.2 Å². The Morgan fingerprint density at radius 2 is 1.85 bits per heavy atom. The number of hydrogen-bond donors (Lipinski definition) is 0. The lowest BCUT2D eigenvalue weighted by Crippen LogP contribution is -2.53. The van der Waals surface area contributed by atoms with Crippen molar-refractivity contribution in [2.45, 2.75) is 38.4 Å². The van der Waals surface area contributed by atoms with Crippen molar-refractivity contribution in [1.29, 1.82) is 0 Å². The average Bonchev–Trinajstić information content (AvgIpc) is 2.32. The zero-order valence-corrected chi connectivity index (χ0v) is 12.4. The molecule has 0 aromatic heterocycles. The number of nitrogens with zero attached hydrogens (tertiary/aromatic N) is 2. The van der Waals surface area contributed by atoms with Crippen molar-refractivity contribution in [2.75, 3.05) is 46.4 Å². The molecule has 2 heterocycles. The molecule has 3 nitrogen and oxygen atoms in total. The van der Waals surface area contributed by atoms with E-state index < -0.39 is 12.6 Å². The lowest BCUT2D eigenvalue weighted by Gasteiger charge is -2.46. The molecule has 118 valence electrons. The molecule has 0 saturated carbocycles. The van der Waals surface area contributed by atoms with Gasteiger partial charge in [0.25, 0.3) is 0 Å². The predicted molar refractivity (Wildman–Crippen MR) is 71.7 cm³/mol. The number of hydrogen-bond acceptors (Lipinski definition) is 3. The first-order valence-electron chi connectivity index (χ1n) is 7.35. The third-order valence-corrected chi connectivity index (χ3v) is 4.37. The molecule has 2 aliphatic rings. The van der Waals surface area contributed by atoms with Crippen LogP contribution in [-0.2, 0) is 4.74 Å². The SMILES string of the molecule is CN1CCC(N(CCC(F)(F)F)CC2(C)COC2)CC1. The predicted octanol–water partition coefficient (Wildman–Crippen LogP) is 2.37. The van der Waals surface area contributed by atoms with Crippen LogP contribution in [0, 0.1) is 5.41 Å². The van der Waals surface area contributed by atoms with Gasteiger partial charge in [0.15, 0.2) is 0 Å². The van der Waals surface area contributed by atoms with Crippen LogP contribution < -0.4 is 0 Å². The fourth-order valence-corrected chi connectivity index (χ4v) is 3.05. The first-order chi connectivity index (χ1) is 9.27. The van der Waals surface area contributed by atoms with Crippen LogP contribution in [0.2, 0.25) is 0 Å². The number of ether oxygens (including phenoxy) is 1. The third kappa shape index (κ3) is 4.60. The van der Waals surface area contributed by atoms with E-state index in [2.05, 4.69) is 23.8 Å². The minimum atomic E-state index is -4.07. The molecule has 0 aromatic carbocycles. The Morgan fingerprint density at radius 1 is 1.25 bits per heavy atom. The van der Waals surface area contributed by atoms with Gasteiger partial charge in [0.2, 0.25) is 0 Å². The molecule has 2 saturated heterocycles. The van der Waals surface area contributed by atoms with E-state index in [1.807, 2.05) is 0 Å². The topological polar surface area (TPSA) is 15.7 Å². The summed E-state index contributed by atoms with van der Waals surface area (Å²) in [4.78, 5) is 4.30. The number of rotatable bonds is 5. The van der Waals surface area contributed by atoms with Gasteiger partial charge in [-0.05, 0) is 33.0 Å². The molecule has 2 aliphatic heterocycles. The molecule has 6 heteroatoms. The first-order valence-corrected chi connectivity index (χ1v) is 7.35. The maximum atomic E-state index is 12.5. The Hall–Kier alpha value is -0.330. The highest BCUT2D eigenvalue weighted by Crippen LogP contribution is 2.31. The Morgan fingerprint density at radius 3 is 2.30 bits per heavy atom. The van der Waals surface area contributed by atoms with E-state index in [0.29, 0.717) is 13.2 Å². The largest absolute Gasteiger partial charge is 0.390 e. The van der Waals surface area contributed by atoms with Crippen molar-refractivity contribution in [3.63, 3.8) is 0 Å². The Balaban J connectivity index is 1.92. The minimum Gasteiger partial charge on any atom is -0.380 e. The molecule has 2 rings (SSSR count). The smallest absolute Gasteiger partial charge is 0.380 e. The molecule has 0 aromatic rings. The minimum absolute atomic E-state index is 0.0367. The van der Waals surface area contributed by atoms with Gasteiger partial charge in [-0.2, -0.15) is 13.2 Å². The maximum Gasteiger partial charge on any atom is 0.390 e. The number of halogens is 3. The van der Waals surface area contributed by atoms with E-state index in [4.69, 9.17) is 4.74 Å². The van der Waals surface area contributed by atoms with Crippen LogP contribution in [0.3, 0.4) is 0 Å². The summed E-state index contributed by atoms with van der Waals surface area (Å²) in [5.41, 5.74) is 0.0367. The van der Waals surface area contributed by atoms with Gasteiger partial charge in [-0.15, -0.1) is 0 Å². The van der Waals surface area contributed by atoms with E-state index in [1.54, 1.807) is 0 Å². The summed E-state index contributed by atoms with van der Waals surface area (Å²) < 4.78 is 42.8. The van der Waals surface area contributed by atoms with Crippen LogP contribution in [0.1, 0.15) is 26.2 Å². The second-order valence-electron chi connectivity index (χ2n) is 6.67. The van der Waals surface area contributed by atoms with Gasteiger partial charge < -0.3 is 9.64 Å². The maximum absolute atomic E-state index is 12.5. The molecule has 0 aliphatic carbocycles. The molecule has 0 N–H and O–H groups in total. The van der Waals surface area contributed by atoms with Crippen molar-refractivity contribution in [3.05, 3.63) is 0 Å².